The van der Waals surface area contributed by atoms with Crippen molar-refractivity contribution in [2.24, 2.45) is 11.8 Å². The molecule has 54 valence electrons. The molecule has 0 unspecified atom stereocenters. The van der Waals surface area contributed by atoms with E-state index in [9.17, 15) is 4.39 Å². The van der Waals surface area contributed by atoms with Crippen molar-refractivity contribution in [1.82, 2.24) is 0 Å². The second-order valence-corrected chi connectivity index (χ2v) is 3.44. The van der Waals surface area contributed by atoms with Crippen molar-refractivity contribution in [1.29, 1.82) is 0 Å². The minimum Gasteiger partial charge on any atom is -0.247 e. The summed E-state index contributed by atoms with van der Waals surface area (Å²) in [7, 11) is 0. The molecule has 0 amide bonds. The van der Waals surface area contributed by atoms with Gasteiger partial charge < -0.3 is 0 Å². The molecule has 0 heterocycles. The van der Waals surface area contributed by atoms with E-state index < -0.39 is 6.17 Å². The number of hydrogen-bond acceptors (Lipinski definition) is 0. The van der Waals surface area contributed by atoms with Crippen LogP contribution in [0.1, 0.15) is 33.1 Å². The summed E-state index contributed by atoms with van der Waals surface area (Å²) in [6, 6.07) is 0. The topological polar surface area (TPSA) is 0 Å². The molecular weight excluding hydrogens is 115 g/mol. The van der Waals surface area contributed by atoms with E-state index in [4.69, 9.17) is 0 Å². The second-order valence-electron chi connectivity index (χ2n) is 3.44. The number of alkyl halides is 1. The van der Waals surface area contributed by atoms with Gasteiger partial charge in [0.1, 0.15) is 6.17 Å². The van der Waals surface area contributed by atoms with Gasteiger partial charge in [-0.1, -0.05) is 26.7 Å². The Bertz CT molecular complexity index is 84.6. The Morgan fingerprint density at radius 2 is 2.00 bits per heavy atom. The van der Waals surface area contributed by atoms with Crippen molar-refractivity contribution in [3.8, 4) is 0 Å². The van der Waals surface area contributed by atoms with Crippen LogP contribution in [0.2, 0.25) is 0 Å². The molecular formula is C8H15F. The maximum atomic E-state index is 12.8. The van der Waals surface area contributed by atoms with Crippen LogP contribution in [0.3, 0.4) is 0 Å². The van der Waals surface area contributed by atoms with Crippen molar-refractivity contribution >= 4 is 0 Å². The van der Waals surface area contributed by atoms with E-state index in [1.165, 1.54) is 12.8 Å². The normalized spacial score (nSPS) is 22.7. The van der Waals surface area contributed by atoms with Crippen LogP contribution in [0, 0.1) is 11.8 Å². The van der Waals surface area contributed by atoms with Gasteiger partial charge >= 0.3 is 0 Å². The van der Waals surface area contributed by atoms with Gasteiger partial charge in [-0.25, -0.2) is 4.39 Å². The van der Waals surface area contributed by atoms with E-state index in [1.54, 1.807) is 0 Å². The Morgan fingerprint density at radius 3 is 2.33 bits per heavy atom. The summed E-state index contributed by atoms with van der Waals surface area (Å²) in [5.74, 6) is 0.966. The molecule has 1 rings (SSSR count). The fraction of sp³-hybridized carbons (Fsp3) is 1.00. The first-order valence-corrected chi connectivity index (χ1v) is 3.84. The maximum Gasteiger partial charge on any atom is 0.103 e. The average molecular weight is 130 g/mol. The third-order valence-electron chi connectivity index (χ3n) is 1.98. The highest BCUT2D eigenvalue weighted by Crippen LogP contribution is 2.35. The van der Waals surface area contributed by atoms with Crippen LogP contribution in [0.4, 0.5) is 4.39 Å². The Labute approximate surface area is 56.5 Å². The summed E-state index contributed by atoms with van der Waals surface area (Å²) in [6.45, 7) is 3.90. The lowest BCUT2D eigenvalue weighted by atomic mass is 10.0. The molecule has 0 nitrogen and oxygen atoms in total. The van der Waals surface area contributed by atoms with Crippen LogP contribution >= 0.6 is 0 Å². The standard InChI is InChI=1S/C8H15F/c1-6(2)8(9)5-7-3-4-7/h6-8H,3-5H2,1-2H3/t8-/m0/s1. The molecule has 0 saturated heterocycles. The highest BCUT2D eigenvalue weighted by Gasteiger charge is 2.26. The van der Waals surface area contributed by atoms with E-state index in [-0.39, 0.29) is 5.92 Å². The van der Waals surface area contributed by atoms with E-state index in [0.29, 0.717) is 0 Å². The lowest BCUT2D eigenvalue weighted by Gasteiger charge is -2.09. The van der Waals surface area contributed by atoms with Gasteiger partial charge in [0.15, 0.2) is 0 Å². The second kappa shape index (κ2) is 2.68. The van der Waals surface area contributed by atoms with Gasteiger partial charge in [0.2, 0.25) is 0 Å². The molecule has 0 aromatic heterocycles. The van der Waals surface area contributed by atoms with Gasteiger partial charge in [0.25, 0.3) is 0 Å². The summed E-state index contributed by atoms with van der Waals surface area (Å²) in [4.78, 5) is 0. The molecule has 9 heavy (non-hydrogen) atoms. The number of halogens is 1. The fourth-order valence-electron chi connectivity index (χ4n) is 0.944. The summed E-state index contributed by atoms with van der Waals surface area (Å²) >= 11 is 0. The zero-order chi connectivity index (χ0) is 6.85. The molecule has 1 aliphatic rings. The summed E-state index contributed by atoms with van der Waals surface area (Å²) in [5, 5.41) is 0. The summed E-state index contributed by atoms with van der Waals surface area (Å²) in [5.41, 5.74) is 0. The average Bonchev–Trinajstić information content (AvgIpc) is 2.50. The third kappa shape index (κ3) is 2.33. The fourth-order valence-corrected chi connectivity index (χ4v) is 0.944. The molecule has 0 N–H and O–H groups in total. The van der Waals surface area contributed by atoms with E-state index in [0.717, 1.165) is 12.3 Å². The number of hydrogen-bond donors (Lipinski definition) is 0. The Hall–Kier alpha value is -0.0700. The van der Waals surface area contributed by atoms with Crippen molar-refractivity contribution in [2.75, 3.05) is 0 Å². The minimum atomic E-state index is -0.544. The molecule has 1 saturated carbocycles. The molecule has 0 spiro atoms. The van der Waals surface area contributed by atoms with Crippen LogP contribution < -0.4 is 0 Å². The Balaban J connectivity index is 2.09. The van der Waals surface area contributed by atoms with Crippen molar-refractivity contribution in [2.45, 2.75) is 39.3 Å². The molecule has 0 bridgehead atoms. The van der Waals surface area contributed by atoms with Crippen molar-refractivity contribution in [3.05, 3.63) is 0 Å². The predicted octanol–water partition coefficient (Wildman–Crippen LogP) is 2.78. The lowest BCUT2D eigenvalue weighted by molar-refractivity contribution is 0.230. The van der Waals surface area contributed by atoms with Gasteiger partial charge in [-0.2, -0.15) is 0 Å². The van der Waals surface area contributed by atoms with E-state index in [1.807, 2.05) is 13.8 Å². The lowest BCUT2D eigenvalue weighted by Crippen LogP contribution is -2.09. The largest absolute Gasteiger partial charge is 0.247 e. The third-order valence-corrected chi connectivity index (χ3v) is 1.98. The van der Waals surface area contributed by atoms with E-state index in [2.05, 4.69) is 0 Å². The molecule has 1 heteroatoms. The molecule has 0 radical (unpaired) electrons. The van der Waals surface area contributed by atoms with Gasteiger partial charge in [0, 0.05) is 0 Å². The Kier molecular flexibility index (Phi) is 2.09. The summed E-state index contributed by atoms with van der Waals surface area (Å²) in [6.07, 6.45) is 2.82. The molecule has 1 aliphatic carbocycles. The van der Waals surface area contributed by atoms with Crippen LogP contribution in [0.5, 0.6) is 0 Å². The quantitative estimate of drug-likeness (QED) is 0.551. The van der Waals surface area contributed by atoms with Gasteiger partial charge in [-0.15, -0.1) is 0 Å². The van der Waals surface area contributed by atoms with Gasteiger partial charge in [0.05, 0.1) is 0 Å². The molecule has 0 aliphatic heterocycles. The molecule has 1 atom stereocenters. The van der Waals surface area contributed by atoms with Crippen LogP contribution in [-0.2, 0) is 0 Å². The zero-order valence-corrected chi connectivity index (χ0v) is 6.23. The van der Waals surface area contributed by atoms with Gasteiger partial charge in [-0.05, 0) is 18.3 Å². The molecule has 1 fully saturated rings. The SMILES string of the molecule is CC(C)[C@@H](F)CC1CC1. The van der Waals surface area contributed by atoms with Gasteiger partial charge in [-0.3, -0.25) is 0 Å². The van der Waals surface area contributed by atoms with Crippen LogP contribution in [-0.4, -0.2) is 6.17 Å². The Morgan fingerprint density at radius 1 is 1.44 bits per heavy atom. The first-order chi connectivity index (χ1) is 4.20. The minimum absolute atomic E-state index is 0.227. The van der Waals surface area contributed by atoms with Crippen molar-refractivity contribution < 1.29 is 4.39 Å². The van der Waals surface area contributed by atoms with Crippen LogP contribution in [0.25, 0.3) is 0 Å². The van der Waals surface area contributed by atoms with E-state index >= 15 is 0 Å². The van der Waals surface area contributed by atoms with Crippen LogP contribution in [0.15, 0.2) is 0 Å². The number of rotatable bonds is 3. The first-order valence-electron chi connectivity index (χ1n) is 3.84. The molecule has 0 aromatic rings. The molecule has 0 aromatic carbocycles. The maximum absolute atomic E-state index is 12.8. The highest BCUT2D eigenvalue weighted by molar-refractivity contribution is 4.77. The monoisotopic (exact) mass is 130 g/mol. The highest BCUT2D eigenvalue weighted by atomic mass is 19.1. The predicted molar refractivity (Wildman–Crippen MR) is 37.1 cm³/mol. The first kappa shape index (κ1) is 7.04. The van der Waals surface area contributed by atoms with Crippen molar-refractivity contribution in [3.63, 3.8) is 0 Å². The summed E-state index contributed by atoms with van der Waals surface area (Å²) < 4.78 is 12.8. The smallest absolute Gasteiger partial charge is 0.103 e. The zero-order valence-electron chi connectivity index (χ0n) is 6.23.